The number of thiazole rings is 1. The molecule has 1 aliphatic heterocycles. The molecule has 1 aliphatic rings. The Morgan fingerprint density at radius 2 is 1.76 bits per heavy atom. The van der Waals surface area contributed by atoms with Gasteiger partial charge in [0.15, 0.2) is 0 Å². The van der Waals surface area contributed by atoms with Gasteiger partial charge in [0, 0.05) is 0 Å². The lowest BCUT2D eigenvalue weighted by molar-refractivity contribution is -0.627. The van der Waals surface area contributed by atoms with Gasteiger partial charge in [0.2, 0.25) is 10.4 Å². The minimum Gasteiger partial charge on any atom is -0.726 e. The van der Waals surface area contributed by atoms with Gasteiger partial charge in [-0.05, 0) is 83.4 Å². The van der Waals surface area contributed by atoms with Crippen LogP contribution in [0.2, 0.25) is 0 Å². The Hall–Kier alpha value is -4.50. The van der Waals surface area contributed by atoms with Crippen LogP contribution < -0.4 is 14.3 Å². The fraction of sp³-hybridized carbons (Fsp3) is 0.148. The maximum Gasteiger partial charge on any atom is 0.370 e. The van der Waals surface area contributed by atoms with Crippen LogP contribution in [0.5, 0.6) is 11.5 Å². The molecular formula is C27H25N5O7S2. The number of rotatable bonds is 6. The van der Waals surface area contributed by atoms with Crippen molar-refractivity contribution in [2.45, 2.75) is 6.92 Å². The van der Waals surface area contributed by atoms with Crippen LogP contribution >= 0.6 is 11.3 Å². The Labute approximate surface area is 240 Å². The summed E-state index contributed by atoms with van der Waals surface area (Å²) in [5.41, 5.74) is 3.74. The smallest absolute Gasteiger partial charge is 0.370 e. The number of hydrogen-bond donors (Lipinski definition) is 1. The van der Waals surface area contributed by atoms with Gasteiger partial charge in [-0.2, -0.15) is 5.11 Å². The van der Waals surface area contributed by atoms with Gasteiger partial charge in [-0.25, -0.2) is 17.8 Å². The van der Waals surface area contributed by atoms with Gasteiger partial charge >= 0.3 is 11.0 Å². The second-order valence-electron chi connectivity index (χ2n) is 8.49. The molecule has 0 atom stereocenters. The highest BCUT2D eigenvalue weighted by atomic mass is 32.3. The van der Waals surface area contributed by atoms with Crippen LogP contribution in [0.3, 0.4) is 0 Å². The number of hydrogen-bond acceptors (Lipinski definition) is 11. The summed E-state index contributed by atoms with van der Waals surface area (Å²) in [6, 6.07) is 20.0. The number of azo groups is 1. The Morgan fingerprint density at radius 3 is 2.39 bits per heavy atom. The number of aryl methyl sites for hydroxylation is 1. The number of amides is 1. The summed E-state index contributed by atoms with van der Waals surface area (Å²) in [6.07, 6.45) is 1.75. The van der Waals surface area contributed by atoms with Crippen molar-refractivity contribution in [1.82, 2.24) is 0 Å². The number of ether oxygens (including phenoxy) is 1. The molecule has 0 saturated carbocycles. The van der Waals surface area contributed by atoms with Gasteiger partial charge < -0.3 is 14.4 Å². The summed E-state index contributed by atoms with van der Waals surface area (Å²) in [7, 11) is -0.0844. The van der Waals surface area contributed by atoms with E-state index in [1.54, 1.807) is 49.6 Å². The van der Waals surface area contributed by atoms with Gasteiger partial charge in [0.25, 0.3) is 0 Å². The summed E-state index contributed by atoms with van der Waals surface area (Å²) >= 11 is 1.51. The fourth-order valence-electron chi connectivity index (χ4n) is 3.73. The first-order valence-electron chi connectivity index (χ1n) is 11.9. The van der Waals surface area contributed by atoms with E-state index in [4.69, 9.17) is 4.74 Å². The molecule has 1 amide bonds. The zero-order chi connectivity index (χ0) is 29.7. The molecule has 41 heavy (non-hydrogen) atoms. The SMILES string of the molecule is COS(=O)(=O)[O-].COc1ccc(N=Nc2cc(C=C3C(=O)N(c4sc5ccccc5[n+]4C)N=C3C)ccc2O)cc1. The molecule has 5 rings (SSSR count). The zero-order valence-electron chi connectivity index (χ0n) is 22.4. The van der Waals surface area contributed by atoms with Crippen LogP contribution in [0, 0.1) is 0 Å². The maximum absolute atomic E-state index is 13.3. The summed E-state index contributed by atoms with van der Waals surface area (Å²) in [5.74, 6) is 0.502. The molecule has 0 spiro atoms. The van der Waals surface area contributed by atoms with E-state index in [2.05, 4.69) is 19.5 Å². The number of carbonyl (C=O) groups is 1. The number of benzene rings is 3. The molecule has 0 unspecified atom stereocenters. The topological polar surface area (TPSA) is 157 Å². The Morgan fingerprint density at radius 1 is 1.07 bits per heavy atom. The minimum absolute atomic E-state index is 0.00789. The molecule has 0 saturated heterocycles. The van der Waals surface area contributed by atoms with Crippen LogP contribution in [-0.4, -0.2) is 43.9 Å². The van der Waals surface area contributed by atoms with Crippen molar-refractivity contribution in [1.29, 1.82) is 0 Å². The normalized spacial score (nSPS) is 14.5. The third-order valence-electron chi connectivity index (χ3n) is 5.82. The zero-order valence-corrected chi connectivity index (χ0v) is 24.0. The van der Waals surface area contributed by atoms with E-state index in [0.717, 1.165) is 28.2 Å². The molecule has 4 aromatic rings. The number of phenolic OH excluding ortho intramolecular Hbond substituents is 1. The van der Waals surface area contributed by atoms with Gasteiger partial charge in [0.1, 0.15) is 22.7 Å². The molecule has 3 aromatic carbocycles. The predicted octanol–water partition coefficient (Wildman–Crippen LogP) is 4.75. The van der Waals surface area contributed by atoms with Crippen molar-refractivity contribution in [2.75, 3.05) is 19.2 Å². The van der Waals surface area contributed by atoms with E-state index < -0.39 is 10.4 Å². The first kappa shape index (κ1) is 29.5. The first-order valence-corrected chi connectivity index (χ1v) is 14.0. The Kier molecular flexibility index (Phi) is 8.88. The summed E-state index contributed by atoms with van der Waals surface area (Å²) in [4.78, 5) is 13.3. The average molecular weight is 596 g/mol. The Bertz CT molecular complexity index is 1800. The van der Waals surface area contributed by atoms with E-state index in [-0.39, 0.29) is 11.7 Å². The van der Waals surface area contributed by atoms with Crippen LogP contribution in [0.1, 0.15) is 12.5 Å². The van der Waals surface area contributed by atoms with Crippen molar-refractivity contribution < 1.29 is 36.4 Å². The lowest BCUT2D eigenvalue weighted by Gasteiger charge is -2.03. The molecule has 2 heterocycles. The van der Waals surface area contributed by atoms with Crippen molar-refractivity contribution >= 4 is 66.2 Å². The number of hydrazone groups is 1. The molecule has 1 N–H and O–H groups in total. The minimum atomic E-state index is -4.41. The number of nitrogens with zero attached hydrogens (tertiary/aromatic N) is 5. The van der Waals surface area contributed by atoms with Crippen LogP contribution in [0.4, 0.5) is 16.5 Å². The number of fused-ring (bicyclic) bond motifs is 1. The number of methoxy groups -OCH3 is 1. The molecule has 0 aliphatic carbocycles. The summed E-state index contributed by atoms with van der Waals surface area (Å²) in [5, 5.41) is 25.3. The van der Waals surface area contributed by atoms with Crippen molar-refractivity contribution in [2.24, 2.45) is 22.4 Å². The van der Waals surface area contributed by atoms with Gasteiger partial charge in [-0.15, -0.1) is 5.11 Å². The van der Waals surface area contributed by atoms with E-state index in [0.29, 0.717) is 28.2 Å². The first-order chi connectivity index (χ1) is 19.5. The lowest BCUT2D eigenvalue weighted by atomic mass is 10.1. The highest BCUT2D eigenvalue weighted by molar-refractivity contribution is 7.80. The maximum atomic E-state index is 13.3. The number of aromatic hydroxyl groups is 1. The van der Waals surface area contributed by atoms with Crippen LogP contribution in [0.15, 0.2) is 87.6 Å². The molecular weight excluding hydrogens is 570 g/mol. The lowest BCUT2D eigenvalue weighted by Crippen LogP contribution is -2.36. The van der Waals surface area contributed by atoms with Crippen LogP contribution in [0.25, 0.3) is 16.3 Å². The standard InChI is InChI=1S/C26H21N5O3S.CH4O4S/c1-16-20(25(33)31(29-16)26-30(2)22-6-4-5-7-24(22)35-26)14-17-8-13-23(32)21(15-17)28-27-18-9-11-19(34-3)12-10-18;1-5-6(2,3)4/h4-15H,1-3H3;1H3,(H,2,3,4). The number of phenols is 1. The molecule has 1 aromatic heterocycles. The molecule has 212 valence electrons. The fourth-order valence-corrected chi connectivity index (χ4v) is 4.83. The molecule has 14 heteroatoms. The Balaban J connectivity index is 0.000000585. The van der Waals surface area contributed by atoms with Crippen molar-refractivity contribution in [3.63, 3.8) is 0 Å². The largest absolute Gasteiger partial charge is 0.726 e. The third-order valence-corrected chi connectivity index (χ3v) is 7.42. The third kappa shape index (κ3) is 6.99. The average Bonchev–Trinajstić information content (AvgIpc) is 3.44. The predicted molar refractivity (Wildman–Crippen MR) is 154 cm³/mol. The van der Waals surface area contributed by atoms with E-state index in [1.807, 2.05) is 42.8 Å². The van der Waals surface area contributed by atoms with Crippen LogP contribution in [-0.2, 0) is 26.4 Å². The van der Waals surface area contributed by atoms with Crippen molar-refractivity contribution in [3.05, 3.63) is 77.9 Å². The number of para-hydroxylation sites is 1. The highest BCUT2D eigenvalue weighted by Crippen LogP contribution is 2.33. The highest BCUT2D eigenvalue weighted by Gasteiger charge is 2.39. The van der Waals surface area contributed by atoms with E-state index >= 15 is 0 Å². The van der Waals surface area contributed by atoms with E-state index in [1.165, 1.54) is 22.4 Å². The summed E-state index contributed by atoms with van der Waals surface area (Å²) < 4.78 is 39.2. The quantitative estimate of drug-likeness (QED) is 0.111. The number of carbonyl (C=O) groups excluding carboxylic acids is 1. The second-order valence-corrected chi connectivity index (χ2v) is 10.7. The summed E-state index contributed by atoms with van der Waals surface area (Å²) in [6.45, 7) is 1.81. The van der Waals surface area contributed by atoms with Crippen molar-refractivity contribution in [3.8, 4) is 11.5 Å². The molecule has 0 radical (unpaired) electrons. The number of anilines is 1. The van der Waals surface area contributed by atoms with Gasteiger partial charge in [-0.3, -0.25) is 4.18 Å². The second kappa shape index (κ2) is 12.3. The van der Waals surface area contributed by atoms with Gasteiger partial charge in [0.05, 0.1) is 42.9 Å². The molecule has 0 bridgehead atoms. The van der Waals surface area contributed by atoms with E-state index in [9.17, 15) is 22.9 Å². The number of aromatic nitrogens is 1. The van der Waals surface area contributed by atoms with Gasteiger partial charge in [-0.1, -0.05) is 23.3 Å². The molecule has 0 fully saturated rings. The monoisotopic (exact) mass is 595 g/mol. The molecule has 12 nitrogen and oxygen atoms in total.